The summed E-state index contributed by atoms with van der Waals surface area (Å²) in [7, 11) is 0. The number of carbonyl (C=O) groups excluding carboxylic acids is 1. The Kier molecular flexibility index (Phi) is 8.07. The lowest BCUT2D eigenvalue weighted by Gasteiger charge is -2.32. The largest absolute Gasteiger partial charge is 0.366 e. The van der Waals surface area contributed by atoms with Crippen molar-refractivity contribution in [1.29, 1.82) is 0 Å². The van der Waals surface area contributed by atoms with Crippen LogP contribution < -0.4 is 5.48 Å². The number of rotatable bonds is 5. The Balaban J connectivity index is 0.00000208. The molecule has 0 saturated heterocycles. The van der Waals surface area contributed by atoms with Crippen LogP contribution in [0.1, 0.15) is 74.6 Å². The highest BCUT2D eigenvalue weighted by molar-refractivity contribution is 5.89. The summed E-state index contributed by atoms with van der Waals surface area (Å²) in [6, 6.07) is 9.50. The molecule has 2 saturated carbocycles. The minimum absolute atomic E-state index is 0. The van der Waals surface area contributed by atoms with Crippen LogP contribution >= 0.6 is 12.4 Å². The van der Waals surface area contributed by atoms with Gasteiger partial charge in [0, 0.05) is 6.04 Å². The van der Waals surface area contributed by atoms with Gasteiger partial charge in [0.2, 0.25) is 0 Å². The van der Waals surface area contributed by atoms with E-state index >= 15 is 0 Å². The predicted octanol–water partition coefficient (Wildman–Crippen LogP) is 5.30. The van der Waals surface area contributed by atoms with Crippen LogP contribution in [-0.2, 0) is 4.84 Å². The van der Waals surface area contributed by atoms with Crippen molar-refractivity contribution in [3.63, 3.8) is 0 Å². The first kappa shape index (κ1) is 19.3. The van der Waals surface area contributed by atoms with Crippen LogP contribution in [0.2, 0.25) is 0 Å². The molecular weight excluding hydrogens is 322 g/mol. The molecule has 4 heteroatoms. The van der Waals surface area contributed by atoms with E-state index in [1.54, 1.807) is 12.1 Å². The van der Waals surface area contributed by atoms with Crippen molar-refractivity contribution < 1.29 is 9.63 Å². The molecule has 0 aliphatic heterocycles. The SMILES string of the molecule is Cl.O=C(ONC1CCC(CC2CCCCC2)CC1)c1ccccc1. The molecule has 0 heterocycles. The molecule has 0 spiro atoms. The molecule has 0 unspecified atom stereocenters. The number of hydrogen-bond acceptors (Lipinski definition) is 3. The van der Waals surface area contributed by atoms with E-state index in [4.69, 9.17) is 4.84 Å². The van der Waals surface area contributed by atoms with Gasteiger partial charge in [0.1, 0.15) is 0 Å². The molecule has 24 heavy (non-hydrogen) atoms. The molecule has 2 aliphatic carbocycles. The van der Waals surface area contributed by atoms with Crippen molar-refractivity contribution in [3.8, 4) is 0 Å². The summed E-state index contributed by atoms with van der Waals surface area (Å²) in [5, 5.41) is 0. The zero-order valence-electron chi connectivity index (χ0n) is 14.4. The lowest BCUT2D eigenvalue weighted by molar-refractivity contribution is 0.00875. The molecule has 3 nitrogen and oxygen atoms in total. The van der Waals surface area contributed by atoms with Crippen molar-refractivity contribution in [1.82, 2.24) is 5.48 Å². The predicted molar refractivity (Wildman–Crippen MR) is 99.2 cm³/mol. The maximum Gasteiger partial charge on any atom is 0.356 e. The average molecular weight is 352 g/mol. The minimum Gasteiger partial charge on any atom is -0.366 e. The van der Waals surface area contributed by atoms with E-state index in [1.807, 2.05) is 18.2 Å². The van der Waals surface area contributed by atoms with Gasteiger partial charge in [-0.1, -0.05) is 50.3 Å². The summed E-state index contributed by atoms with van der Waals surface area (Å²) in [6.45, 7) is 0. The Bertz CT molecular complexity index is 480. The summed E-state index contributed by atoms with van der Waals surface area (Å²) in [4.78, 5) is 17.2. The molecule has 1 N–H and O–H groups in total. The first-order valence-electron chi connectivity index (χ1n) is 9.33. The Morgan fingerprint density at radius 1 is 0.917 bits per heavy atom. The first-order chi connectivity index (χ1) is 11.3. The van der Waals surface area contributed by atoms with Gasteiger partial charge in [-0.2, -0.15) is 0 Å². The van der Waals surface area contributed by atoms with Crippen molar-refractivity contribution >= 4 is 18.4 Å². The van der Waals surface area contributed by atoms with Crippen LogP contribution in [0.5, 0.6) is 0 Å². The number of nitrogens with one attached hydrogen (secondary N) is 1. The highest BCUT2D eigenvalue weighted by Crippen LogP contribution is 2.35. The molecule has 0 bridgehead atoms. The van der Waals surface area contributed by atoms with Crippen molar-refractivity contribution in [2.45, 2.75) is 70.3 Å². The van der Waals surface area contributed by atoms with Gasteiger partial charge in [-0.15, -0.1) is 17.9 Å². The van der Waals surface area contributed by atoms with E-state index in [-0.39, 0.29) is 18.4 Å². The van der Waals surface area contributed by atoms with Crippen LogP contribution in [0, 0.1) is 11.8 Å². The molecule has 3 rings (SSSR count). The Morgan fingerprint density at radius 3 is 2.21 bits per heavy atom. The van der Waals surface area contributed by atoms with Crippen LogP contribution in [0.3, 0.4) is 0 Å². The maximum absolute atomic E-state index is 11.9. The third-order valence-electron chi connectivity index (χ3n) is 5.57. The van der Waals surface area contributed by atoms with Crippen molar-refractivity contribution in [3.05, 3.63) is 35.9 Å². The third kappa shape index (κ3) is 5.78. The third-order valence-corrected chi connectivity index (χ3v) is 5.57. The van der Waals surface area contributed by atoms with Gasteiger partial charge < -0.3 is 4.84 Å². The lowest BCUT2D eigenvalue weighted by Crippen LogP contribution is -2.35. The second-order valence-corrected chi connectivity index (χ2v) is 7.33. The summed E-state index contributed by atoms with van der Waals surface area (Å²) < 4.78 is 0. The molecule has 1 aromatic carbocycles. The number of halogens is 1. The second kappa shape index (κ2) is 10.0. The van der Waals surface area contributed by atoms with Crippen molar-refractivity contribution in [2.24, 2.45) is 11.8 Å². The summed E-state index contributed by atoms with van der Waals surface area (Å²) >= 11 is 0. The standard InChI is InChI=1S/C20H29NO2.ClH/c22-20(18-9-5-2-6-10-18)23-21-19-13-11-17(12-14-19)15-16-7-3-1-4-8-16;/h2,5-6,9-10,16-17,19,21H,1,3-4,7-8,11-15H2;1H. The molecule has 0 radical (unpaired) electrons. The van der Waals surface area contributed by atoms with Crippen molar-refractivity contribution in [2.75, 3.05) is 0 Å². The van der Waals surface area contributed by atoms with Gasteiger partial charge in [-0.3, -0.25) is 0 Å². The van der Waals surface area contributed by atoms with E-state index in [1.165, 1.54) is 51.4 Å². The average Bonchev–Trinajstić information content (AvgIpc) is 2.62. The topological polar surface area (TPSA) is 38.3 Å². The zero-order valence-corrected chi connectivity index (χ0v) is 15.2. The first-order valence-corrected chi connectivity index (χ1v) is 9.33. The smallest absolute Gasteiger partial charge is 0.356 e. The molecule has 2 aliphatic rings. The number of hydrogen-bond donors (Lipinski definition) is 1. The fourth-order valence-corrected chi connectivity index (χ4v) is 4.18. The number of hydroxylamine groups is 1. The van der Waals surface area contributed by atoms with E-state index in [9.17, 15) is 4.79 Å². The van der Waals surface area contributed by atoms with Gasteiger partial charge in [0.15, 0.2) is 0 Å². The molecule has 134 valence electrons. The Labute approximate surface area is 151 Å². The minimum atomic E-state index is -0.282. The maximum atomic E-state index is 11.9. The summed E-state index contributed by atoms with van der Waals surface area (Å²) in [6.07, 6.45) is 13.5. The molecule has 0 atom stereocenters. The fraction of sp³-hybridized carbons (Fsp3) is 0.650. The Hall–Kier alpha value is -1.06. The van der Waals surface area contributed by atoms with Gasteiger partial charge in [0.25, 0.3) is 0 Å². The fourth-order valence-electron chi connectivity index (χ4n) is 4.18. The van der Waals surface area contributed by atoms with Crippen LogP contribution in [-0.4, -0.2) is 12.0 Å². The van der Waals surface area contributed by atoms with Gasteiger partial charge in [-0.05, 0) is 56.1 Å². The summed E-state index contributed by atoms with van der Waals surface area (Å²) in [5.74, 6) is 1.59. The highest BCUT2D eigenvalue weighted by atomic mass is 35.5. The number of benzene rings is 1. The number of carbonyl (C=O) groups is 1. The molecular formula is C20H30ClNO2. The highest BCUT2D eigenvalue weighted by Gasteiger charge is 2.25. The normalized spacial score (nSPS) is 24.8. The van der Waals surface area contributed by atoms with E-state index in [0.29, 0.717) is 11.6 Å². The molecule has 0 amide bonds. The summed E-state index contributed by atoms with van der Waals surface area (Å²) in [5.41, 5.74) is 3.60. The Morgan fingerprint density at radius 2 is 1.54 bits per heavy atom. The van der Waals surface area contributed by atoms with Crippen LogP contribution in [0.25, 0.3) is 0 Å². The van der Waals surface area contributed by atoms with Gasteiger partial charge in [-0.25, -0.2) is 4.79 Å². The second-order valence-electron chi connectivity index (χ2n) is 7.33. The zero-order chi connectivity index (χ0) is 15.9. The lowest BCUT2D eigenvalue weighted by atomic mass is 9.77. The van der Waals surface area contributed by atoms with Crippen LogP contribution in [0.4, 0.5) is 0 Å². The molecule has 0 aromatic heterocycles. The molecule has 2 fully saturated rings. The van der Waals surface area contributed by atoms with E-state index < -0.39 is 0 Å². The van der Waals surface area contributed by atoms with E-state index in [2.05, 4.69) is 5.48 Å². The van der Waals surface area contributed by atoms with Crippen LogP contribution in [0.15, 0.2) is 30.3 Å². The van der Waals surface area contributed by atoms with Gasteiger partial charge >= 0.3 is 5.97 Å². The quantitative estimate of drug-likeness (QED) is 0.731. The molecule has 1 aromatic rings. The monoisotopic (exact) mass is 351 g/mol. The van der Waals surface area contributed by atoms with Gasteiger partial charge in [0.05, 0.1) is 5.56 Å². The van der Waals surface area contributed by atoms with E-state index in [0.717, 1.165) is 24.7 Å².